The summed E-state index contributed by atoms with van der Waals surface area (Å²) in [6.45, 7) is 9.40. The van der Waals surface area contributed by atoms with Gasteiger partial charge in [0, 0.05) is 0 Å². The number of ether oxygens (including phenoxy) is 2. The second kappa shape index (κ2) is 7.49. The van der Waals surface area contributed by atoms with Gasteiger partial charge in [0.2, 0.25) is 0 Å². The summed E-state index contributed by atoms with van der Waals surface area (Å²) in [6, 6.07) is 0. The van der Waals surface area contributed by atoms with E-state index in [1.807, 2.05) is 26.8 Å². The SMILES string of the molecule is C=C(\C=C/C(C(=O)OC)=C(C)/C(C)=C/C)OC. The van der Waals surface area contributed by atoms with Crippen LogP contribution in [0.2, 0.25) is 0 Å². The van der Waals surface area contributed by atoms with E-state index in [1.165, 1.54) is 14.2 Å². The molecule has 0 aliphatic carbocycles. The Bertz CT molecular complexity index is 384. The average molecular weight is 236 g/mol. The molecule has 0 heterocycles. The van der Waals surface area contributed by atoms with Crippen LogP contribution in [0, 0.1) is 0 Å². The largest absolute Gasteiger partial charge is 0.497 e. The van der Waals surface area contributed by atoms with Crippen molar-refractivity contribution in [1.29, 1.82) is 0 Å². The molecule has 0 rings (SSSR count). The molecule has 0 saturated heterocycles. The lowest BCUT2D eigenvalue weighted by molar-refractivity contribution is -0.135. The van der Waals surface area contributed by atoms with Crippen molar-refractivity contribution in [2.75, 3.05) is 14.2 Å². The fourth-order valence-corrected chi connectivity index (χ4v) is 1.13. The molecule has 0 aromatic heterocycles. The van der Waals surface area contributed by atoms with Gasteiger partial charge in [0.15, 0.2) is 0 Å². The van der Waals surface area contributed by atoms with E-state index in [9.17, 15) is 4.79 Å². The molecule has 0 aromatic carbocycles. The number of carbonyl (C=O) groups excluding carboxylic acids is 1. The lowest BCUT2D eigenvalue weighted by atomic mass is 10.0. The summed E-state index contributed by atoms with van der Waals surface area (Å²) in [7, 11) is 2.89. The highest BCUT2D eigenvalue weighted by atomic mass is 16.5. The van der Waals surface area contributed by atoms with E-state index in [1.54, 1.807) is 12.2 Å². The third kappa shape index (κ3) is 4.72. The highest BCUT2D eigenvalue weighted by molar-refractivity contribution is 5.93. The average Bonchev–Trinajstić information content (AvgIpc) is 2.36. The van der Waals surface area contributed by atoms with Gasteiger partial charge in [0.25, 0.3) is 0 Å². The minimum atomic E-state index is -0.371. The third-order valence-corrected chi connectivity index (χ3v) is 2.53. The van der Waals surface area contributed by atoms with E-state index in [0.717, 1.165) is 11.1 Å². The van der Waals surface area contributed by atoms with E-state index in [-0.39, 0.29) is 5.97 Å². The van der Waals surface area contributed by atoms with E-state index >= 15 is 0 Å². The van der Waals surface area contributed by atoms with Crippen LogP contribution in [0.15, 0.2) is 47.3 Å². The molecule has 0 fully saturated rings. The third-order valence-electron chi connectivity index (χ3n) is 2.53. The minimum Gasteiger partial charge on any atom is -0.497 e. The Morgan fingerprint density at radius 1 is 1.12 bits per heavy atom. The summed E-state index contributed by atoms with van der Waals surface area (Å²) in [5.41, 5.74) is 2.40. The molecule has 0 aliphatic heterocycles. The van der Waals surface area contributed by atoms with Crippen LogP contribution >= 0.6 is 0 Å². The Kier molecular flexibility index (Phi) is 6.71. The Hall–Kier alpha value is -1.77. The maximum absolute atomic E-state index is 11.6. The molecule has 3 heteroatoms. The van der Waals surface area contributed by atoms with Crippen LogP contribution in [0.3, 0.4) is 0 Å². The first kappa shape index (κ1) is 15.2. The highest BCUT2D eigenvalue weighted by Crippen LogP contribution is 2.17. The van der Waals surface area contributed by atoms with Crippen LogP contribution in [-0.4, -0.2) is 20.2 Å². The first-order valence-electron chi connectivity index (χ1n) is 5.31. The van der Waals surface area contributed by atoms with Crippen LogP contribution < -0.4 is 0 Å². The predicted octanol–water partition coefficient (Wildman–Crippen LogP) is 3.16. The van der Waals surface area contributed by atoms with Crippen molar-refractivity contribution < 1.29 is 14.3 Å². The number of carbonyl (C=O) groups is 1. The summed E-state index contributed by atoms with van der Waals surface area (Å²) < 4.78 is 9.66. The van der Waals surface area contributed by atoms with Gasteiger partial charge in [0.1, 0.15) is 5.76 Å². The quantitative estimate of drug-likeness (QED) is 0.318. The van der Waals surface area contributed by atoms with E-state index < -0.39 is 0 Å². The maximum Gasteiger partial charge on any atom is 0.338 e. The normalized spacial score (nSPS) is 13.4. The zero-order chi connectivity index (χ0) is 13.4. The molecule has 0 saturated carbocycles. The van der Waals surface area contributed by atoms with Gasteiger partial charge < -0.3 is 9.47 Å². The summed E-state index contributed by atoms with van der Waals surface area (Å²) in [4.78, 5) is 11.6. The monoisotopic (exact) mass is 236 g/mol. The number of rotatable bonds is 5. The van der Waals surface area contributed by atoms with Crippen molar-refractivity contribution in [2.24, 2.45) is 0 Å². The number of hydrogen-bond donors (Lipinski definition) is 0. The van der Waals surface area contributed by atoms with Gasteiger partial charge >= 0.3 is 5.97 Å². The highest BCUT2D eigenvalue weighted by Gasteiger charge is 2.11. The molecule has 0 amide bonds. The number of hydrogen-bond acceptors (Lipinski definition) is 3. The van der Waals surface area contributed by atoms with Gasteiger partial charge in [0.05, 0.1) is 19.8 Å². The number of esters is 1. The fraction of sp³-hybridized carbons (Fsp3) is 0.357. The van der Waals surface area contributed by atoms with Gasteiger partial charge in [-0.15, -0.1) is 0 Å². The lowest BCUT2D eigenvalue weighted by Gasteiger charge is -2.07. The smallest absolute Gasteiger partial charge is 0.338 e. The number of methoxy groups -OCH3 is 2. The molecular weight excluding hydrogens is 216 g/mol. The second-order valence-corrected chi connectivity index (χ2v) is 3.51. The molecule has 3 nitrogen and oxygen atoms in total. The maximum atomic E-state index is 11.6. The standard InChI is InChI=1S/C14H20O3/c1-7-10(2)12(4)13(14(15)17-6)9-8-11(3)16-5/h7-9H,3H2,1-2,4-6H3/b9-8-,10-7+,13-12-. The van der Waals surface area contributed by atoms with Gasteiger partial charge in [-0.2, -0.15) is 0 Å². The molecule has 0 atom stereocenters. The molecule has 0 aromatic rings. The first-order chi connectivity index (χ1) is 7.97. The summed E-state index contributed by atoms with van der Waals surface area (Å²) >= 11 is 0. The summed E-state index contributed by atoms with van der Waals surface area (Å²) in [6.07, 6.45) is 5.23. The van der Waals surface area contributed by atoms with Crippen molar-refractivity contribution in [2.45, 2.75) is 20.8 Å². The molecule has 0 unspecified atom stereocenters. The van der Waals surface area contributed by atoms with Crippen molar-refractivity contribution in [3.8, 4) is 0 Å². The lowest BCUT2D eigenvalue weighted by Crippen LogP contribution is -2.06. The zero-order valence-electron chi connectivity index (χ0n) is 11.2. The van der Waals surface area contributed by atoms with Gasteiger partial charge in [-0.1, -0.05) is 18.2 Å². The van der Waals surface area contributed by atoms with E-state index in [0.29, 0.717) is 11.3 Å². The van der Waals surface area contributed by atoms with Crippen molar-refractivity contribution in [3.05, 3.63) is 47.3 Å². The van der Waals surface area contributed by atoms with Crippen LogP contribution in [0.1, 0.15) is 20.8 Å². The topological polar surface area (TPSA) is 35.5 Å². The Balaban J connectivity index is 5.37. The molecule has 0 bridgehead atoms. The van der Waals surface area contributed by atoms with Crippen molar-refractivity contribution in [1.82, 2.24) is 0 Å². The van der Waals surface area contributed by atoms with E-state index in [2.05, 4.69) is 6.58 Å². The molecular formula is C14H20O3. The van der Waals surface area contributed by atoms with E-state index in [4.69, 9.17) is 9.47 Å². The van der Waals surface area contributed by atoms with Crippen molar-refractivity contribution >= 4 is 5.97 Å². The molecule has 17 heavy (non-hydrogen) atoms. The Morgan fingerprint density at radius 2 is 1.71 bits per heavy atom. The van der Waals surface area contributed by atoms with Gasteiger partial charge in [-0.3, -0.25) is 0 Å². The van der Waals surface area contributed by atoms with Crippen LogP contribution in [0.5, 0.6) is 0 Å². The molecule has 0 aliphatic rings. The molecule has 0 spiro atoms. The molecule has 0 N–H and O–H groups in total. The number of allylic oxidation sites excluding steroid dienone is 4. The summed E-state index contributed by atoms with van der Waals surface area (Å²) in [5, 5.41) is 0. The molecule has 94 valence electrons. The van der Waals surface area contributed by atoms with Crippen LogP contribution in [0.25, 0.3) is 0 Å². The van der Waals surface area contributed by atoms with Crippen molar-refractivity contribution in [3.63, 3.8) is 0 Å². The second-order valence-electron chi connectivity index (χ2n) is 3.51. The summed E-state index contributed by atoms with van der Waals surface area (Å²) in [5.74, 6) is 0.112. The van der Waals surface area contributed by atoms with Gasteiger partial charge in [-0.25, -0.2) is 4.79 Å². The zero-order valence-corrected chi connectivity index (χ0v) is 11.2. The molecule has 0 radical (unpaired) electrons. The predicted molar refractivity (Wildman–Crippen MR) is 69.4 cm³/mol. The van der Waals surface area contributed by atoms with Crippen LogP contribution in [0.4, 0.5) is 0 Å². The minimum absolute atomic E-state index is 0.371. The Labute approximate surface area is 103 Å². The van der Waals surface area contributed by atoms with Crippen LogP contribution in [-0.2, 0) is 14.3 Å². The fourth-order valence-electron chi connectivity index (χ4n) is 1.13. The Morgan fingerprint density at radius 3 is 2.12 bits per heavy atom. The van der Waals surface area contributed by atoms with Gasteiger partial charge in [-0.05, 0) is 38.5 Å². The first-order valence-corrected chi connectivity index (χ1v) is 5.31.